The molecule has 0 fully saturated rings. The number of aryl methyl sites for hydroxylation is 1. The maximum absolute atomic E-state index is 10.8. The highest BCUT2D eigenvalue weighted by atomic mass is 28.4. The summed E-state index contributed by atoms with van der Waals surface area (Å²) in [6.45, 7) is 11.3. The lowest BCUT2D eigenvalue weighted by Gasteiger charge is -2.40. The molecule has 0 heterocycles. The minimum atomic E-state index is -1.93. The normalized spacial score (nSPS) is 19.2. The Morgan fingerprint density at radius 2 is 1.91 bits per heavy atom. The number of hydrogen-bond donors (Lipinski definition) is 0. The van der Waals surface area contributed by atoms with Gasteiger partial charge in [0.15, 0.2) is 8.32 Å². The third kappa shape index (κ3) is 4.09. The van der Waals surface area contributed by atoms with Gasteiger partial charge in [-0.1, -0.05) is 57.2 Å². The highest BCUT2D eigenvalue weighted by Crippen LogP contribution is 2.43. The van der Waals surface area contributed by atoms with Crippen molar-refractivity contribution in [2.24, 2.45) is 0 Å². The summed E-state index contributed by atoms with van der Waals surface area (Å²) in [5, 5.41) is 0.147. The van der Waals surface area contributed by atoms with Crippen molar-refractivity contribution in [3.05, 3.63) is 59.2 Å². The number of carbonyl (C=O) groups is 1. The molecule has 1 aliphatic carbocycles. The van der Waals surface area contributed by atoms with E-state index in [4.69, 9.17) is 4.43 Å². The molecule has 0 spiro atoms. The largest absolute Gasteiger partial charge is 0.406 e. The second-order valence-electron chi connectivity index (χ2n) is 7.70. The van der Waals surface area contributed by atoms with Gasteiger partial charge in [-0.3, -0.25) is 4.79 Å². The zero-order valence-corrected chi connectivity index (χ0v) is 15.9. The lowest BCUT2D eigenvalue weighted by atomic mass is 9.98. The second kappa shape index (κ2) is 6.98. The first-order valence-corrected chi connectivity index (χ1v) is 11.2. The molecule has 0 bridgehead atoms. The standard InChI is InChI=1S/C20H28O2Si/c1-20(2,3)23(4,5)22-19-17(13-9-15-21)12-8-11-16-10-6-7-14-18(16)19/h6-7,9-10,12-15,19H,8,11H2,1-5H3/b13-9-. The van der Waals surface area contributed by atoms with Gasteiger partial charge in [0, 0.05) is 0 Å². The Hall–Kier alpha value is -1.45. The van der Waals surface area contributed by atoms with E-state index in [1.807, 2.05) is 6.08 Å². The third-order valence-corrected chi connectivity index (χ3v) is 9.46. The van der Waals surface area contributed by atoms with Crippen molar-refractivity contribution in [1.29, 1.82) is 0 Å². The molecular weight excluding hydrogens is 300 g/mol. The lowest BCUT2D eigenvalue weighted by Crippen LogP contribution is -2.42. The Labute approximate surface area is 141 Å². The van der Waals surface area contributed by atoms with Crippen LogP contribution in [0.2, 0.25) is 18.1 Å². The summed E-state index contributed by atoms with van der Waals surface area (Å²) in [7, 11) is -1.93. The van der Waals surface area contributed by atoms with Crippen molar-refractivity contribution in [2.45, 2.75) is 57.8 Å². The number of benzene rings is 1. The van der Waals surface area contributed by atoms with Crippen molar-refractivity contribution >= 4 is 14.6 Å². The number of hydrogen-bond acceptors (Lipinski definition) is 2. The molecule has 0 aromatic heterocycles. The first-order valence-electron chi connectivity index (χ1n) is 8.34. The molecule has 124 valence electrons. The van der Waals surface area contributed by atoms with Gasteiger partial charge in [-0.25, -0.2) is 0 Å². The van der Waals surface area contributed by atoms with E-state index in [1.165, 1.54) is 11.1 Å². The van der Waals surface area contributed by atoms with Gasteiger partial charge in [0.05, 0.1) is 6.10 Å². The number of aldehydes is 1. The molecule has 23 heavy (non-hydrogen) atoms. The Bertz CT molecular complexity index is 621. The van der Waals surface area contributed by atoms with Crippen LogP contribution in [-0.2, 0) is 15.6 Å². The fraction of sp³-hybridized carbons (Fsp3) is 0.450. The quantitative estimate of drug-likeness (QED) is 0.421. The molecule has 3 heteroatoms. The Morgan fingerprint density at radius 3 is 2.57 bits per heavy atom. The fourth-order valence-corrected chi connectivity index (χ4v) is 3.81. The van der Waals surface area contributed by atoms with Crippen molar-refractivity contribution in [3.63, 3.8) is 0 Å². The van der Waals surface area contributed by atoms with E-state index in [0.717, 1.165) is 24.7 Å². The molecule has 2 nitrogen and oxygen atoms in total. The summed E-state index contributed by atoms with van der Waals surface area (Å²) in [5.41, 5.74) is 3.70. The van der Waals surface area contributed by atoms with Gasteiger partial charge >= 0.3 is 0 Å². The van der Waals surface area contributed by atoms with E-state index in [2.05, 4.69) is 64.2 Å². The van der Waals surface area contributed by atoms with Crippen LogP contribution in [0.4, 0.5) is 0 Å². The summed E-state index contributed by atoms with van der Waals surface area (Å²) in [4.78, 5) is 10.8. The van der Waals surface area contributed by atoms with Crippen LogP contribution >= 0.6 is 0 Å². The van der Waals surface area contributed by atoms with Crippen molar-refractivity contribution < 1.29 is 9.22 Å². The Kier molecular flexibility index (Phi) is 5.43. The molecule has 0 saturated heterocycles. The van der Waals surface area contributed by atoms with Crippen LogP contribution in [0.15, 0.2) is 48.1 Å². The van der Waals surface area contributed by atoms with Crippen LogP contribution in [0.25, 0.3) is 0 Å². The predicted molar refractivity (Wildman–Crippen MR) is 99.1 cm³/mol. The highest BCUT2D eigenvalue weighted by molar-refractivity contribution is 6.74. The van der Waals surface area contributed by atoms with Crippen LogP contribution in [0.3, 0.4) is 0 Å². The number of carbonyl (C=O) groups excluding carboxylic acids is 1. The minimum Gasteiger partial charge on any atom is -0.406 e. The van der Waals surface area contributed by atoms with Crippen LogP contribution in [-0.4, -0.2) is 14.6 Å². The van der Waals surface area contributed by atoms with Crippen molar-refractivity contribution in [3.8, 4) is 0 Å². The van der Waals surface area contributed by atoms with Crippen molar-refractivity contribution in [2.75, 3.05) is 0 Å². The maximum Gasteiger partial charge on any atom is 0.193 e. The van der Waals surface area contributed by atoms with Gasteiger partial charge in [-0.15, -0.1) is 0 Å². The summed E-state index contributed by atoms with van der Waals surface area (Å²) in [5.74, 6) is 0. The van der Waals surface area contributed by atoms with Crippen LogP contribution in [0, 0.1) is 0 Å². The maximum atomic E-state index is 10.8. The van der Waals surface area contributed by atoms with Gasteiger partial charge in [-0.05, 0) is 53.7 Å². The van der Waals surface area contributed by atoms with Gasteiger partial charge in [0.1, 0.15) is 6.29 Å². The average Bonchev–Trinajstić information content (AvgIpc) is 2.64. The molecule has 0 radical (unpaired) electrons. The molecule has 1 aromatic rings. The number of rotatable bonds is 4. The van der Waals surface area contributed by atoms with E-state index in [9.17, 15) is 4.79 Å². The SMILES string of the molecule is CC(C)(C)[Si](C)(C)OC1C(/C=C\C=O)=CCCc2ccccc21. The Morgan fingerprint density at radius 1 is 1.22 bits per heavy atom. The molecule has 0 amide bonds. The van der Waals surface area contributed by atoms with E-state index in [1.54, 1.807) is 6.08 Å². The fourth-order valence-electron chi connectivity index (χ4n) is 2.61. The Balaban J connectivity index is 2.47. The zero-order chi connectivity index (χ0) is 17.1. The zero-order valence-electron chi connectivity index (χ0n) is 14.9. The second-order valence-corrected chi connectivity index (χ2v) is 12.5. The van der Waals surface area contributed by atoms with E-state index in [0.29, 0.717) is 0 Å². The first-order chi connectivity index (χ1) is 10.8. The molecular formula is C20H28O2Si. The van der Waals surface area contributed by atoms with E-state index >= 15 is 0 Å². The minimum absolute atomic E-state index is 0.0780. The molecule has 0 N–H and O–H groups in total. The van der Waals surface area contributed by atoms with Crippen molar-refractivity contribution in [1.82, 2.24) is 0 Å². The average molecular weight is 329 g/mol. The summed E-state index contributed by atoms with van der Waals surface area (Å²) < 4.78 is 6.76. The summed E-state index contributed by atoms with van der Waals surface area (Å²) in [6, 6.07) is 8.53. The van der Waals surface area contributed by atoms with Crippen LogP contribution in [0.1, 0.15) is 44.4 Å². The number of fused-ring (bicyclic) bond motifs is 1. The molecule has 0 aliphatic heterocycles. The molecule has 1 aliphatic rings. The summed E-state index contributed by atoms with van der Waals surface area (Å²) >= 11 is 0. The molecule has 1 atom stereocenters. The van der Waals surface area contributed by atoms with Gasteiger partial charge in [0.25, 0.3) is 0 Å². The lowest BCUT2D eigenvalue weighted by molar-refractivity contribution is -0.104. The summed E-state index contributed by atoms with van der Waals surface area (Å²) in [6.07, 6.45) is 8.46. The van der Waals surface area contributed by atoms with Gasteiger partial charge in [-0.2, -0.15) is 0 Å². The first kappa shape index (κ1) is 17.9. The topological polar surface area (TPSA) is 26.3 Å². The molecule has 0 saturated carbocycles. The monoisotopic (exact) mass is 328 g/mol. The van der Waals surface area contributed by atoms with Crippen LogP contribution in [0.5, 0.6) is 0 Å². The predicted octanol–water partition coefficient (Wildman–Crippen LogP) is 5.38. The highest BCUT2D eigenvalue weighted by Gasteiger charge is 2.40. The smallest absolute Gasteiger partial charge is 0.193 e. The third-order valence-electron chi connectivity index (χ3n) is 5.02. The molecule has 1 aromatic carbocycles. The van der Waals surface area contributed by atoms with Crippen LogP contribution < -0.4 is 0 Å². The molecule has 2 rings (SSSR count). The van der Waals surface area contributed by atoms with E-state index < -0.39 is 8.32 Å². The van der Waals surface area contributed by atoms with E-state index in [-0.39, 0.29) is 11.1 Å². The van der Waals surface area contributed by atoms with Gasteiger partial charge in [0.2, 0.25) is 0 Å². The molecule has 1 unspecified atom stereocenters. The number of allylic oxidation sites excluding steroid dienone is 2. The van der Waals surface area contributed by atoms with Gasteiger partial charge < -0.3 is 4.43 Å².